The number of methoxy groups -OCH3 is 1. The van der Waals surface area contributed by atoms with Crippen LogP contribution < -0.4 is 20.7 Å². The topological polar surface area (TPSA) is 121 Å². The highest BCUT2D eigenvalue weighted by atomic mass is 19.3. The Hall–Kier alpha value is -3.41. The minimum Gasteiger partial charge on any atom is -0.491 e. The zero-order valence-electron chi connectivity index (χ0n) is 15.9. The fourth-order valence-corrected chi connectivity index (χ4v) is 3.36. The van der Waals surface area contributed by atoms with E-state index in [9.17, 15) is 18.4 Å². The van der Waals surface area contributed by atoms with E-state index in [1.165, 1.54) is 13.3 Å². The van der Waals surface area contributed by atoms with Crippen molar-refractivity contribution in [1.29, 1.82) is 0 Å². The smallest absolute Gasteiger partial charge is 0.416 e. The van der Waals surface area contributed by atoms with Crippen LogP contribution in [0.15, 0.2) is 24.4 Å². The second-order valence-electron chi connectivity index (χ2n) is 6.69. The first kappa shape index (κ1) is 19.9. The van der Waals surface area contributed by atoms with Crippen molar-refractivity contribution in [3.63, 3.8) is 0 Å². The number of nitrogens with zero attached hydrogens (tertiary/aromatic N) is 3. The molecular weight excluding hydrogens is 404 g/mol. The molecule has 10 nitrogen and oxygen atoms in total. The first-order chi connectivity index (χ1) is 14.4. The second-order valence-corrected chi connectivity index (χ2v) is 6.69. The van der Waals surface area contributed by atoms with Crippen molar-refractivity contribution in [2.75, 3.05) is 30.5 Å². The van der Waals surface area contributed by atoms with Gasteiger partial charge in [0, 0.05) is 25.1 Å². The Kier molecular flexibility index (Phi) is 5.16. The number of hydrogen-bond donors (Lipinski definition) is 2. The van der Waals surface area contributed by atoms with Crippen molar-refractivity contribution in [3.8, 4) is 17.1 Å². The third kappa shape index (κ3) is 3.49. The number of primary amides is 1. The van der Waals surface area contributed by atoms with E-state index in [0.717, 1.165) is 4.90 Å². The van der Waals surface area contributed by atoms with E-state index < -0.39 is 37.3 Å². The zero-order valence-corrected chi connectivity index (χ0v) is 15.9. The lowest BCUT2D eigenvalue weighted by atomic mass is 10.1. The van der Waals surface area contributed by atoms with Crippen molar-refractivity contribution in [3.05, 3.63) is 24.4 Å². The number of carbonyl (C=O) groups excluding carboxylic acids is 2. The van der Waals surface area contributed by atoms with Crippen molar-refractivity contribution in [1.82, 2.24) is 9.55 Å². The number of hydrogen-bond acceptors (Lipinski definition) is 7. The fourth-order valence-electron chi connectivity index (χ4n) is 3.36. The SMILES string of the molecule is CO[C@H](Nc1ccc2c(c1)OCCn1cc(N3C(=O)OC[C@H]3C(F)F)nc1-2)C(N)=O. The summed E-state index contributed by atoms with van der Waals surface area (Å²) in [5.41, 5.74) is 6.38. The predicted molar refractivity (Wildman–Crippen MR) is 100 cm³/mol. The van der Waals surface area contributed by atoms with Gasteiger partial charge >= 0.3 is 6.09 Å². The highest BCUT2D eigenvalue weighted by molar-refractivity contribution is 5.90. The van der Waals surface area contributed by atoms with Crippen molar-refractivity contribution in [2.45, 2.75) is 25.2 Å². The fraction of sp³-hybridized carbons (Fsp3) is 0.389. The van der Waals surface area contributed by atoms with Crippen LogP contribution >= 0.6 is 0 Å². The molecule has 1 aromatic heterocycles. The monoisotopic (exact) mass is 423 g/mol. The van der Waals surface area contributed by atoms with Crippen molar-refractivity contribution < 1.29 is 32.6 Å². The molecule has 0 spiro atoms. The number of ether oxygens (including phenoxy) is 3. The molecule has 3 heterocycles. The molecule has 2 atom stereocenters. The number of nitrogens with one attached hydrogen (secondary N) is 1. The standard InChI is InChI=1S/C18H19F2N5O5/c1-28-17(15(21)26)22-9-2-3-10-12(6-9)29-5-4-24-7-13(23-16(10)24)25-11(14(19)20)8-30-18(25)27/h2-3,6-7,11,14,17,22H,4-5,8H2,1H3,(H2,21,26)/t11-,17-/m0/s1. The summed E-state index contributed by atoms with van der Waals surface area (Å²) in [6.45, 7) is 0.281. The summed E-state index contributed by atoms with van der Waals surface area (Å²) in [4.78, 5) is 28.6. The lowest BCUT2D eigenvalue weighted by molar-refractivity contribution is -0.126. The van der Waals surface area contributed by atoms with E-state index in [0.29, 0.717) is 29.4 Å². The molecule has 3 N–H and O–H groups in total. The third-order valence-corrected chi connectivity index (χ3v) is 4.81. The molecule has 12 heteroatoms. The maximum Gasteiger partial charge on any atom is 0.416 e. The Morgan fingerprint density at radius 1 is 1.40 bits per heavy atom. The minimum absolute atomic E-state index is 0.0843. The van der Waals surface area contributed by atoms with Crippen molar-refractivity contribution >= 4 is 23.5 Å². The van der Waals surface area contributed by atoms with Crippen LogP contribution in [-0.4, -0.2) is 60.6 Å². The number of nitrogens with two attached hydrogens (primary N) is 1. The Balaban J connectivity index is 1.67. The van der Waals surface area contributed by atoms with Crippen LogP contribution in [0.2, 0.25) is 0 Å². The number of anilines is 2. The molecule has 2 aliphatic rings. The van der Waals surface area contributed by atoms with E-state index in [-0.39, 0.29) is 12.4 Å². The zero-order chi connectivity index (χ0) is 21.4. The van der Waals surface area contributed by atoms with Gasteiger partial charge in [-0.15, -0.1) is 0 Å². The first-order valence-electron chi connectivity index (χ1n) is 9.06. The summed E-state index contributed by atoms with van der Waals surface area (Å²) in [5.74, 6) is 0.320. The van der Waals surface area contributed by atoms with Gasteiger partial charge in [0.2, 0.25) is 6.23 Å². The Labute approximate surface area is 169 Å². The summed E-state index contributed by atoms with van der Waals surface area (Å²) in [5, 5.41) is 2.84. The number of benzene rings is 1. The number of alkyl halides is 2. The van der Waals surface area contributed by atoms with E-state index >= 15 is 0 Å². The molecule has 0 saturated carbocycles. The molecule has 0 unspecified atom stereocenters. The van der Waals surface area contributed by atoms with E-state index in [1.807, 2.05) is 0 Å². The molecule has 30 heavy (non-hydrogen) atoms. The van der Waals surface area contributed by atoms with E-state index in [2.05, 4.69) is 10.3 Å². The quantitative estimate of drug-likeness (QED) is 0.674. The molecule has 1 aromatic carbocycles. The number of fused-ring (bicyclic) bond motifs is 3. The van der Waals surface area contributed by atoms with Crippen LogP contribution in [0.25, 0.3) is 11.4 Å². The van der Waals surface area contributed by atoms with Gasteiger partial charge in [-0.1, -0.05) is 0 Å². The minimum atomic E-state index is -2.76. The summed E-state index contributed by atoms with van der Waals surface area (Å²) in [6, 6.07) is 3.64. The van der Waals surface area contributed by atoms with Gasteiger partial charge in [-0.05, 0) is 12.1 Å². The lowest BCUT2D eigenvalue weighted by Gasteiger charge is -2.18. The molecule has 2 aliphatic heterocycles. The number of carbonyl (C=O) groups is 2. The lowest BCUT2D eigenvalue weighted by Crippen LogP contribution is -2.38. The molecule has 1 saturated heterocycles. The number of imidazole rings is 1. The summed E-state index contributed by atoms with van der Waals surface area (Å²) in [6.07, 6.45) is -3.12. The molecule has 160 valence electrons. The van der Waals surface area contributed by atoms with Gasteiger partial charge in [-0.25, -0.2) is 23.5 Å². The number of amides is 2. The molecule has 0 aliphatic carbocycles. The third-order valence-electron chi connectivity index (χ3n) is 4.81. The number of halogens is 2. The van der Waals surface area contributed by atoms with Gasteiger partial charge in [-0.2, -0.15) is 0 Å². The normalized spacial score (nSPS) is 18.9. The molecular formula is C18H19F2N5O5. The molecule has 2 amide bonds. The molecule has 1 fully saturated rings. The second kappa shape index (κ2) is 7.78. The van der Waals surface area contributed by atoms with Crippen LogP contribution in [0.5, 0.6) is 5.75 Å². The van der Waals surface area contributed by atoms with Gasteiger partial charge in [0.05, 0.1) is 12.1 Å². The maximum absolute atomic E-state index is 13.3. The summed E-state index contributed by atoms with van der Waals surface area (Å²) < 4.78 is 43.8. The van der Waals surface area contributed by atoms with Gasteiger partial charge in [0.25, 0.3) is 12.3 Å². The van der Waals surface area contributed by atoms with Crippen LogP contribution in [0.4, 0.5) is 25.1 Å². The Morgan fingerprint density at radius 2 is 2.20 bits per heavy atom. The highest BCUT2D eigenvalue weighted by Crippen LogP contribution is 2.36. The van der Waals surface area contributed by atoms with Crippen LogP contribution in [0.3, 0.4) is 0 Å². The van der Waals surface area contributed by atoms with Gasteiger partial charge in [-0.3, -0.25) is 4.79 Å². The number of rotatable bonds is 6. The predicted octanol–water partition coefficient (Wildman–Crippen LogP) is 1.40. The summed E-state index contributed by atoms with van der Waals surface area (Å²) >= 11 is 0. The molecule has 0 radical (unpaired) electrons. The molecule has 2 aromatic rings. The van der Waals surface area contributed by atoms with Crippen molar-refractivity contribution in [2.24, 2.45) is 5.73 Å². The number of cyclic esters (lactones) is 1. The van der Waals surface area contributed by atoms with Crippen LogP contribution in [0, 0.1) is 0 Å². The Morgan fingerprint density at radius 3 is 2.90 bits per heavy atom. The average molecular weight is 423 g/mol. The maximum atomic E-state index is 13.3. The van der Waals surface area contributed by atoms with Gasteiger partial charge in [0.15, 0.2) is 5.82 Å². The Bertz CT molecular complexity index is 982. The van der Waals surface area contributed by atoms with Gasteiger partial charge in [0.1, 0.15) is 30.8 Å². The van der Waals surface area contributed by atoms with Gasteiger partial charge < -0.3 is 29.8 Å². The summed E-state index contributed by atoms with van der Waals surface area (Å²) in [7, 11) is 1.34. The highest BCUT2D eigenvalue weighted by Gasteiger charge is 2.42. The average Bonchev–Trinajstić information content (AvgIpc) is 3.25. The molecule has 0 bridgehead atoms. The van der Waals surface area contributed by atoms with E-state index in [1.54, 1.807) is 22.8 Å². The van der Waals surface area contributed by atoms with E-state index in [4.69, 9.17) is 19.9 Å². The molecule has 4 rings (SSSR count). The first-order valence-corrected chi connectivity index (χ1v) is 9.06. The van der Waals surface area contributed by atoms with Crippen LogP contribution in [0.1, 0.15) is 0 Å². The number of aromatic nitrogens is 2. The van der Waals surface area contributed by atoms with Crippen LogP contribution in [-0.2, 0) is 20.8 Å². The largest absolute Gasteiger partial charge is 0.491 e.